The molecule has 0 atom stereocenters. The third-order valence-electron chi connectivity index (χ3n) is 2.16. The molecule has 5 heteroatoms. The topological polar surface area (TPSA) is 84.6 Å². The van der Waals surface area contributed by atoms with Gasteiger partial charge >= 0.3 is 0 Å². The molecule has 0 unspecified atom stereocenters. The smallest absolute Gasteiger partial charge is 0.223 e. The van der Waals surface area contributed by atoms with E-state index in [1.165, 1.54) is 0 Å². The molecular weight excluding hydrogens is 220 g/mol. The van der Waals surface area contributed by atoms with Crippen LogP contribution in [0.2, 0.25) is 0 Å². The van der Waals surface area contributed by atoms with Gasteiger partial charge in [0, 0.05) is 13.2 Å². The van der Waals surface area contributed by atoms with Gasteiger partial charge in [0.25, 0.3) is 0 Å². The van der Waals surface area contributed by atoms with Gasteiger partial charge in [-0.05, 0) is 18.6 Å². The van der Waals surface area contributed by atoms with Gasteiger partial charge in [-0.3, -0.25) is 4.79 Å². The van der Waals surface area contributed by atoms with Crippen LogP contribution in [-0.2, 0) is 4.79 Å². The van der Waals surface area contributed by atoms with Crippen LogP contribution in [-0.4, -0.2) is 30.8 Å². The molecule has 5 nitrogen and oxygen atoms in total. The fourth-order valence-electron chi connectivity index (χ4n) is 1.26. The quantitative estimate of drug-likeness (QED) is 0.478. The number of para-hydroxylation sites is 2. The second-order valence-electron chi connectivity index (χ2n) is 3.56. The lowest BCUT2D eigenvalue weighted by atomic mass is 10.3. The first kappa shape index (κ1) is 13.3. The molecule has 17 heavy (non-hydrogen) atoms. The molecule has 0 aliphatic rings. The highest BCUT2D eigenvalue weighted by atomic mass is 16.5. The molecule has 0 radical (unpaired) electrons. The second-order valence-corrected chi connectivity index (χ2v) is 3.56. The lowest BCUT2D eigenvalue weighted by Gasteiger charge is -2.08. The van der Waals surface area contributed by atoms with Crippen molar-refractivity contribution < 1.29 is 14.6 Å². The molecule has 4 N–H and O–H groups in total. The molecule has 0 fully saturated rings. The molecule has 0 saturated carbocycles. The first-order valence-electron chi connectivity index (χ1n) is 5.59. The number of hydrogen-bond acceptors (Lipinski definition) is 4. The molecule has 0 saturated heterocycles. The minimum atomic E-state index is -0.0899. The average Bonchev–Trinajstić information content (AvgIpc) is 2.32. The van der Waals surface area contributed by atoms with E-state index in [0.717, 1.165) is 0 Å². The predicted octanol–water partition coefficient (Wildman–Crippen LogP) is 0.536. The molecule has 0 spiro atoms. The van der Waals surface area contributed by atoms with Crippen LogP contribution in [0.4, 0.5) is 5.69 Å². The summed E-state index contributed by atoms with van der Waals surface area (Å²) < 4.78 is 5.38. The first-order chi connectivity index (χ1) is 8.24. The summed E-state index contributed by atoms with van der Waals surface area (Å²) in [5.74, 6) is 0.503. The Labute approximate surface area is 101 Å². The molecule has 1 rings (SSSR count). The van der Waals surface area contributed by atoms with Gasteiger partial charge in [0.2, 0.25) is 5.91 Å². The van der Waals surface area contributed by atoms with E-state index in [2.05, 4.69) is 5.32 Å². The van der Waals surface area contributed by atoms with Crippen molar-refractivity contribution in [1.82, 2.24) is 5.32 Å². The Balaban J connectivity index is 2.19. The SMILES string of the molecule is Nc1ccccc1OCCC(=O)NCCCO. The Morgan fingerprint density at radius 3 is 2.88 bits per heavy atom. The zero-order chi connectivity index (χ0) is 12.5. The zero-order valence-electron chi connectivity index (χ0n) is 9.69. The van der Waals surface area contributed by atoms with Crippen LogP contribution in [0.25, 0.3) is 0 Å². The highest BCUT2D eigenvalue weighted by molar-refractivity contribution is 5.75. The predicted molar refractivity (Wildman–Crippen MR) is 65.7 cm³/mol. The standard InChI is InChI=1S/C12H18N2O3/c13-10-4-1-2-5-11(10)17-9-6-12(16)14-7-3-8-15/h1-2,4-5,15H,3,6-9,13H2,(H,14,16). The van der Waals surface area contributed by atoms with Gasteiger partial charge in [-0.15, -0.1) is 0 Å². The Hall–Kier alpha value is -1.75. The number of carbonyl (C=O) groups excluding carboxylic acids is 1. The van der Waals surface area contributed by atoms with Crippen LogP contribution in [0.3, 0.4) is 0 Å². The normalized spacial score (nSPS) is 9.94. The van der Waals surface area contributed by atoms with Crippen LogP contribution in [0.15, 0.2) is 24.3 Å². The van der Waals surface area contributed by atoms with Crippen molar-refractivity contribution in [3.05, 3.63) is 24.3 Å². The maximum atomic E-state index is 11.3. The summed E-state index contributed by atoms with van der Waals surface area (Å²) in [5, 5.41) is 11.2. The third kappa shape index (κ3) is 5.21. The highest BCUT2D eigenvalue weighted by Gasteiger charge is 2.02. The van der Waals surface area contributed by atoms with Crippen LogP contribution in [0, 0.1) is 0 Å². The van der Waals surface area contributed by atoms with Crippen LogP contribution < -0.4 is 15.8 Å². The van der Waals surface area contributed by atoms with E-state index in [4.69, 9.17) is 15.6 Å². The molecule has 0 aliphatic heterocycles. The second kappa shape index (κ2) is 7.51. The number of rotatable bonds is 7. The maximum Gasteiger partial charge on any atom is 0.223 e. The molecule has 0 aromatic heterocycles. The van der Waals surface area contributed by atoms with Crippen molar-refractivity contribution in [2.24, 2.45) is 0 Å². The Morgan fingerprint density at radius 2 is 2.18 bits per heavy atom. The Kier molecular flexibility index (Phi) is 5.88. The summed E-state index contributed by atoms with van der Waals surface area (Å²) in [6, 6.07) is 7.16. The van der Waals surface area contributed by atoms with Crippen molar-refractivity contribution in [1.29, 1.82) is 0 Å². The molecule has 1 aromatic rings. The number of carbonyl (C=O) groups is 1. The molecule has 0 aliphatic carbocycles. The van der Waals surface area contributed by atoms with Gasteiger partial charge in [-0.2, -0.15) is 0 Å². The molecule has 1 amide bonds. The minimum absolute atomic E-state index is 0.0807. The molecule has 0 heterocycles. The summed E-state index contributed by atoms with van der Waals surface area (Å²) in [4.78, 5) is 11.3. The van der Waals surface area contributed by atoms with E-state index in [9.17, 15) is 4.79 Å². The molecule has 94 valence electrons. The van der Waals surface area contributed by atoms with Gasteiger partial charge < -0.3 is 20.9 Å². The van der Waals surface area contributed by atoms with Gasteiger partial charge in [0.15, 0.2) is 0 Å². The van der Waals surface area contributed by atoms with Crippen LogP contribution in [0.1, 0.15) is 12.8 Å². The number of benzene rings is 1. The lowest BCUT2D eigenvalue weighted by molar-refractivity contribution is -0.121. The largest absolute Gasteiger partial charge is 0.491 e. The van der Waals surface area contributed by atoms with Gasteiger partial charge in [-0.1, -0.05) is 12.1 Å². The fraction of sp³-hybridized carbons (Fsp3) is 0.417. The number of nitrogens with one attached hydrogen (secondary N) is 1. The van der Waals surface area contributed by atoms with Gasteiger partial charge in [0.05, 0.1) is 18.7 Å². The van der Waals surface area contributed by atoms with Crippen molar-refractivity contribution in [3.63, 3.8) is 0 Å². The lowest BCUT2D eigenvalue weighted by Crippen LogP contribution is -2.26. The monoisotopic (exact) mass is 238 g/mol. The van der Waals surface area contributed by atoms with Crippen LogP contribution in [0.5, 0.6) is 5.75 Å². The molecule has 0 bridgehead atoms. The fourth-order valence-corrected chi connectivity index (χ4v) is 1.26. The third-order valence-corrected chi connectivity index (χ3v) is 2.16. The van der Waals surface area contributed by atoms with E-state index in [1.54, 1.807) is 12.1 Å². The van der Waals surface area contributed by atoms with E-state index < -0.39 is 0 Å². The van der Waals surface area contributed by atoms with Crippen molar-refractivity contribution in [2.45, 2.75) is 12.8 Å². The first-order valence-corrected chi connectivity index (χ1v) is 5.59. The van der Waals surface area contributed by atoms with E-state index in [0.29, 0.717) is 31.0 Å². The summed E-state index contributed by atoms with van der Waals surface area (Å²) in [5.41, 5.74) is 6.25. The number of hydrogen-bond donors (Lipinski definition) is 3. The summed E-state index contributed by atoms with van der Waals surface area (Å²) >= 11 is 0. The van der Waals surface area contributed by atoms with Crippen molar-refractivity contribution >= 4 is 11.6 Å². The number of anilines is 1. The number of ether oxygens (including phenoxy) is 1. The van der Waals surface area contributed by atoms with Crippen LogP contribution >= 0.6 is 0 Å². The van der Waals surface area contributed by atoms with E-state index >= 15 is 0 Å². The average molecular weight is 238 g/mol. The molecular formula is C12H18N2O3. The highest BCUT2D eigenvalue weighted by Crippen LogP contribution is 2.19. The number of nitrogen functional groups attached to an aromatic ring is 1. The molecule has 1 aromatic carbocycles. The van der Waals surface area contributed by atoms with Crippen molar-refractivity contribution in [3.8, 4) is 5.75 Å². The maximum absolute atomic E-state index is 11.3. The van der Waals surface area contributed by atoms with Crippen molar-refractivity contribution in [2.75, 3.05) is 25.5 Å². The number of amides is 1. The van der Waals surface area contributed by atoms with Gasteiger partial charge in [0.1, 0.15) is 5.75 Å². The number of aliphatic hydroxyl groups excluding tert-OH is 1. The summed E-state index contributed by atoms with van der Waals surface area (Å²) in [6.45, 7) is 0.860. The summed E-state index contributed by atoms with van der Waals surface area (Å²) in [7, 11) is 0. The van der Waals surface area contributed by atoms with Gasteiger partial charge in [-0.25, -0.2) is 0 Å². The number of aliphatic hydroxyl groups is 1. The van der Waals surface area contributed by atoms with E-state index in [-0.39, 0.29) is 18.9 Å². The minimum Gasteiger partial charge on any atom is -0.491 e. The Bertz CT molecular complexity index is 355. The number of nitrogens with two attached hydrogens (primary N) is 1. The summed E-state index contributed by atoms with van der Waals surface area (Å²) in [6.07, 6.45) is 0.845. The Morgan fingerprint density at radius 1 is 1.41 bits per heavy atom. The van der Waals surface area contributed by atoms with E-state index in [1.807, 2.05) is 12.1 Å². The zero-order valence-corrected chi connectivity index (χ0v) is 9.69.